The molecule has 2 aliphatic rings. The summed E-state index contributed by atoms with van der Waals surface area (Å²) in [6.07, 6.45) is 2.63. The van der Waals surface area contributed by atoms with E-state index in [0.29, 0.717) is 10.8 Å². The van der Waals surface area contributed by atoms with Crippen molar-refractivity contribution in [2.75, 3.05) is 26.3 Å². The number of hydrogen-bond donors (Lipinski definition) is 1. The average molecular weight is 169 g/mol. The van der Waals surface area contributed by atoms with Crippen molar-refractivity contribution >= 4 is 0 Å². The molecule has 2 nitrogen and oxygen atoms in total. The standard InChI is InChI=1S/C10H19NO/c1-9(2)3-4-11-6-10(5-9)7-12-8-10/h11H,3-8H2,1-2H3. The lowest BCUT2D eigenvalue weighted by Gasteiger charge is -2.44. The molecule has 2 aliphatic heterocycles. The molecule has 0 aromatic heterocycles. The van der Waals surface area contributed by atoms with E-state index in [9.17, 15) is 0 Å². The second-order valence-corrected chi connectivity index (χ2v) is 5.26. The second-order valence-electron chi connectivity index (χ2n) is 5.26. The molecule has 2 heterocycles. The summed E-state index contributed by atoms with van der Waals surface area (Å²) in [6, 6.07) is 0. The van der Waals surface area contributed by atoms with Gasteiger partial charge in [-0.15, -0.1) is 0 Å². The van der Waals surface area contributed by atoms with Gasteiger partial charge < -0.3 is 10.1 Å². The number of nitrogens with one attached hydrogen (secondary N) is 1. The molecular weight excluding hydrogens is 150 g/mol. The Hall–Kier alpha value is -0.0800. The molecule has 1 spiro atoms. The quantitative estimate of drug-likeness (QED) is 0.592. The highest BCUT2D eigenvalue weighted by atomic mass is 16.5. The lowest BCUT2D eigenvalue weighted by molar-refractivity contribution is -0.125. The van der Waals surface area contributed by atoms with Crippen LogP contribution in [0.25, 0.3) is 0 Å². The first-order valence-electron chi connectivity index (χ1n) is 4.91. The highest BCUT2D eigenvalue weighted by Gasteiger charge is 2.43. The van der Waals surface area contributed by atoms with Crippen LogP contribution in [-0.2, 0) is 4.74 Å². The van der Waals surface area contributed by atoms with E-state index in [1.54, 1.807) is 0 Å². The zero-order valence-electron chi connectivity index (χ0n) is 8.15. The van der Waals surface area contributed by atoms with Crippen molar-refractivity contribution in [1.29, 1.82) is 0 Å². The topological polar surface area (TPSA) is 21.3 Å². The molecule has 0 aliphatic carbocycles. The summed E-state index contributed by atoms with van der Waals surface area (Å²) >= 11 is 0. The van der Waals surface area contributed by atoms with Gasteiger partial charge in [-0.2, -0.15) is 0 Å². The van der Waals surface area contributed by atoms with Crippen molar-refractivity contribution in [2.45, 2.75) is 26.7 Å². The summed E-state index contributed by atoms with van der Waals surface area (Å²) in [5.74, 6) is 0. The Kier molecular flexibility index (Phi) is 1.92. The molecule has 0 radical (unpaired) electrons. The molecule has 0 unspecified atom stereocenters. The molecule has 70 valence electrons. The van der Waals surface area contributed by atoms with E-state index in [4.69, 9.17) is 4.74 Å². The van der Waals surface area contributed by atoms with E-state index in [0.717, 1.165) is 19.8 Å². The summed E-state index contributed by atoms with van der Waals surface area (Å²) < 4.78 is 5.32. The summed E-state index contributed by atoms with van der Waals surface area (Å²) in [6.45, 7) is 9.04. The van der Waals surface area contributed by atoms with Gasteiger partial charge in [-0.1, -0.05) is 13.8 Å². The predicted molar refractivity (Wildman–Crippen MR) is 49.1 cm³/mol. The van der Waals surface area contributed by atoms with Crippen molar-refractivity contribution in [3.05, 3.63) is 0 Å². The highest BCUT2D eigenvalue weighted by Crippen LogP contribution is 2.42. The van der Waals surface area contributed by atoms with E-state index >= 15 is 0 Å². The maximum atomic E-state index is 5.32. The van der Waals surface area contributed by atoms with Crippen LogP contribution in [0.5, 0.6) is 0 Å². The molecule has 1 N–H and O–H groups in total. The van der Waals surface area contributed by atoms with Crippen LogP contribution < -0.4 is 5.32 Å². The predicted octanol–water partition coefficient (Wildman–Crippen LogP) is 1.41. The highest BCUT2D eigenvalue weighted by molar-refractivity contribution is 4.94. The van der Waals surface area contributed by atoms with Crippen molar-refractivity contribution in [1.82, 2.24) is 5.32 Å². The summed E-state index contributed by atoms with van der Waals surface area (Å²) in [5, 5.41) is 3.52. The lowest BCUT2D eigenvalue weighted by atomic mass is 9.71. The lowest BCUT2D eigenvalue weighted by Crippen LogP contribution is -2.49. The number of rotatable bonds is 0. The maximum Gasteiger partial charge on any atom is 0.0557 e. The van der Waals surface area contributed by atoms with Gasteiger partial charge in [0.25, 0.3) is 0 Å². The molecular formula is C10H19NO. The molecule has 2 fully saturated rings. The Morgan fingerprint density at radius 1 is 1.25 bits per heavy atom. The van der Waals surface area contributed by atoms with E-state index < -0.39 is 0 Å². The second kappa shape index (κ2) is 2.71. The Labute approximate surface area is 74.7 Å². The Balaban J connectivity index is 2.06. The summed E-state index contributed by atoms with van der Waals surface area (Å²) in [4.78, 5) is 0. The molecule has 12 heavy (non-hydrogen) atoms. The van der Waals surface area contributed by atoms with Crippen molar-refractivity contribution in [3.63, 3.8) is 0 Å². The number of hydrogen-bond acceptors (Lipinski definition) is 2. The van der Waals surface area contributed by atoms with E-state index in [-0.39, 0.29) is 0 Å². The molecule has 0 aromatic carbocycles. The zero-order chi connectivity index (χ0) is 8.66. The van der Waals surface area contributed by atoms with E-state index in [1.807, 2.05) is 0 Å². The first-order chi connectivity index (χ1) is 5.62. The molecule has 0 aromatic rings. The average Bonchev–Trinajstić information content (AvgIpc) is 2.06. The van der Waals surface area contributed by atoms with Crippen LogP contribution in [0.2, 0.25) is 0 Å². The van der Waals surface area contributed by atoms with Gasteiger partial charge in [0.2, 0.25) is 0 Å². The van der Waals surface area contributed by atoms with Gasteiger partial charge in [-0.25, -0.2) is 0 Å². The van der Waals surface area contributed by atoms with E-state index in [2.05, 4.69) is 19.2 Å². The first kappa shape index (κ1) is 8.52. The largest absolute Gasteiger partial charge is 0.380 e. The molecule has 2 rings (SSSR count). The molecule has 2 heteroatoms. The first-order valence-corrected chi connectivity index (χ1v) is 4.91. The normalized spacial score (nSPS) is 32.5. The Morgan fingerprint density at radius 2 is 2.00 bits per heavy atom. The van der Waals surface area contributed by atoms with Crippen LogP contribution in [0.3, 0.4) is 0 Å². The van der Waals surface area contributed by atoms with Gasteiger partial charge in [-0.3, -0.25) is 0 Å². The Bertz CT molecular complexity index is 173. The number of ether oxygens (including phenoxy) is 1. The fourth-order valence-corrected chi connectivity index (χ4v) is 2.54. The van der Waals surface area contributed by atoms with Gasteiger partial charge in [0.1, 0.15) is 0 Å². The van der Waals surface area contributed by atoms with Crippen molar-refractivity contribution in [2.24, 2.45) is 10.8 Å². The Morgan fingerprint density at radius 3 is 2.58 bits per heavy atom. The monoisotopic (exact) mass is 169 g/mol. The maximum absolute atomic E-state index is 5.32. The van der Waals surface area contributed by atoms with Crippen LogP contribution in [0.1, 0.15) is 26.7 Å². The van der Waals surface area contributed by atoms with Gasteiger partial charge in [0, 0.05) is 12.0 Å². The minimum absolute atomic E-state index is 0.486. The smallest absolute Gasteiger partial charge is 0.0557 e. The van der Waals surface area contributed by atoms with Gasteiger partial charge in [0.15, 0.2) is 0 Å². The fraction of sp³-hybridized carbons (Fsp3) is 1.00. The SMILES string of the molecule is CC1(C)CCNCC2(COC2)C1. The third-order valence-electron chi connectivity index (χ3n) is 3.15. The van der Waals surface area contributed by atoms with Gasteiger partial charge >= 0.3 is 0 Å². The van der Waals surface area contributed by atoms with Gasteiger partial charge in [-0.05, 0) is 24.8 Å². The van der Waals surface area contributed by atoms with Crippen LogP contribution in [-0.4, -0.2) is 26.3 Å². The van der Waals surface area contributed by atoms with Crippen molar-refractivity contribution < 1.29 is 4.74 Å². The zero-order valence-corrected chi connectivity index (χ0v) is 8.15. The molecule has 2 saturated heterocycles. The third-order valence-corrected chi connectivity index (χ3v) is 3.15. The molecule has 0 bridgehead atoms. The van der Waals surface area contributed by atoms with Crippen LogP contribution in [0, 0.1) is 10.8 Å². The van der Waals surface area contributed by atoms with Crippen LogP contribution >= 0.6 is 0 Å². The van der Waals surface area contributed by atoms with E-state index in [1.165, 1.54) is 19.4 Å². The van der Waals surface area contributed by atoms with Crippen LogP contribution in [0.4, 0.5) is 0 Å². The summed E-state index contributed by atoms with van der Waals surface area (Å²) in [5.41, 5.74) is 0.993. The van der Waals surface area contributed by atoms with Crippen LogP contribution in [0.15, 0.2) is 0 Å². The molecule has 0 amide bonds. The minimum Gasteiger partial charge on any atom is -0.380 e. The van der Waals surface area contributed by atoms with Gasteiger partial charge in [0.05, 0.1) is 13.2 Å². The van der Waals surface area contributed by atoms with Crippen molar-refractivity contribution in [3.8, 4) is 0 Å². The summed E-state index contributed by atoms with van der Waals surface area (Å²) in [7, 11) is 0. The molecule has 0 atom stereocenters. The molecule has 0 saturated carbocycles. The fourth-order valence-electron chi connectivity index (χ4n) is 2.54. The minimum atomic E-state index is 0.486. The third kappa shape index (κ3) is 1.50.